The molecule has 0 saturated heterocycles. The average Bonchev–Trinajstić information content (AvgIpc) is 3.18. The number of thiocarbonyl (C=S) groups is 1. The second kappa shape index (κ2) is 7.88. The monoisotopic (exact) mass is 388 g/mol. The molecule has 0 aliphatic carbocycles. The normalized spacial score (nSPS) is 10.8. The summed E-state index contributed by atoms with van der Waals surface area (Å²) in [5.41, 5.74) is 4.15. The van der Waals surface area contributed by atoms with Gasteiger partial charge in [0.05, 0.1) is 24.6 Å². The largest absolute Gasteiger partial charge is 0.348 e. The number of hydrogen-bond acceptors (Lipinski definition) is 3. The minimum absolute atomic E-state index is 0.610. The van der Waals surface area contributed by atoms with Crippen LogP contribution in [0.25, 0.3) is 0 Å². The van der Waals surface area contributed by atoms with Gasteiger partial charge in [-0.15, -0.1) is 0 Å². The van der Waals surface area contributed by atoms with Crippen LogP contribution in [-0.4, -0.2) is 36.6 Å². The number of nitrogens with one attached hydrogen (secondary N) is 1. The SMILES string of the molecule is Cc1c(CN(C)C(=S)Nc2cnn(Cc3ccccc3Cl)c2)cnn1C. The number of hydrogen-bond donors (Lipinski definition) is 1. The van der Waals surface area contributed by atoms with Crippen molar-refractivity contribution in [1.29, 1.82) is 0 Å². The lowest BCUT2D eigenvalue weighted by Gasteiger charge is -2.20. The van der Waals surface area contributed by atoms with Gasteiger partial charge in [0.2, 0.25) is 0 Å². The Balaban J connectivity index is 1.60. The van der Waals surface area contributed by atoms with Crippen molar-refractivity contribution in [1.82, 2.24) is 24.5 Å². The fraction of sp³-hybridized carbons (Fsp3) is 0.278. The molecule has 0 saturated carbocycles. The molecular weight excluding hydrogens is 368 g/mol. The maximum Gasteiger partial charge on any atom is 0.173 e. The first kappa shape index (κ1) is 18.4. The number of nitrogens with zero attached hydrogens (tertiary/aromatic N) is 5. The standard InChI is InChI=1S/C18H21ClN6S/c1-13-15(8-20-24(13)3)10-23(2)18(26)22-16-9-21-25(12-16)11-14-6-4-5-7-17(14)19/h4-9,12H,10-11H2,1-3H3,(H,22,26). The van der Waals surface area contributed by atoms with Crippen molar-refractivity contribution in [3.8, 4) is 0 Å². The molecule has 3 rings (SSSR count). The minimum Gasteiger partial charge on any atom is -0.348 e. The smallest absolute Gasteiger partial charge is 0.173 e. The highest BCUT2D eigenvalue weighted by molar-refractivity contribution is 7.80. The van der Waals surface area contributed by atoms with Gasteiger partial charge in [-0.25, -0.2) is 0 Å². The second-order valence-electron chi connectivity index (χ2n) is 6.18. The molecule has 0 amide bonds. The third-order valence-corrected chi connectivity index (χ3v) is 5.05. The van der Waals surface area contributed by atoms with E-state index in [1.807, 2.05) is 71.9 Å². The molecule has 0 atom stereocenters. The van der Waals surface area contributed by atoms with Crippen LogP contribution in [0, 0.1) is 6.92 Å². The first-order valence-corrected chi connectivity index (χ1v) is 8.98. The summed E-state index contributed by atoms with van der Waals surface area (Å²) in [6, 6.07) is 7.75. The summed E-state index contributed by atoms with van der Waals surface area (Å²) in [7, 11) is 3.89. The molecule has 6 nitrogen and oxygen atoms in total. The Morgan fingerprint density at radius 3 is 2.69 bits per heavy atom. The van der Waals surface area contributed by atoms with E-state index in [1.54, 1.807) is 6.20 Å². The predicted octanol–water partition coefficient (Wildman–Crippen LogP) is 3.46. The van der Waals surface area contributed by atoms with Gasteiger partial charge in [-0.3, -0.25) is 9.36 Å². The van der Waals surface area contributed by atoms with Gasteiger partial charge >= 0.3 is 0 Å². The summed E-state index contributed by atoms with van der Waals surface area (Å²) in [6.45, 7) is 3.35. The third-order valence-electron chi connectivity index (χ3n) is 4.27. The van der Waals surface area contributed by atoms with Crippen LogP contribution < -0.4 is 5.32 Å². The fourth-order valence-electron chi connectivity index (χ4n) is 2.56. The van der Waals surface area contributed by atoms with Crippen LogP contribution in [0.4, 0.5) is 5.69 Å². The van der Waals surface area contributed by atoms with Crippen LogP contribution in [0.5, 0.6) is 0 Å². The topological polar surface area (TPSA) is 50.9 Å². The molecule has 0 spiro atoms. The van der Waals surface area contributed by atoms with Crippen molar-refractivity contribution in [2.24, 2.45) is 7.05 Å². The zero-order valence-electron chi connectivity index (χ0n) is 15.0. The van der Waals surface area contributed by atoms with Crippen LogP contribution in [0.2, 0.25) is 5.02 Å². The van der Waals surface area contributed by atoms with E-state index in [2.05, 4.69) is 15.5 Å². The lowest BCUT2D eigenvalue weighted by atomic mass is 10.2. The molecule has 0 aliphatic heterocycles. The van der Waals surface area contributed by atoms with Crippen molar-refractivity contribution in [3.63, 3.8) is 0 Å². The van der Waals surface area contributed by atoms with Crippen molar-refractivity contribution in [2.75, 3.05) is 12.4 Å². The predicted molar refractivity (Wildman–Crippen MR) is 108 cm³/mol. The Morgan fingerprint density at radius 2 is 2.00 bits per heavy atom. The van der Waals surface area contributed by atoms with E-state index in [9.17, 15) is 0 Å². The molecule has 136 valence electrons. The molecule has 0 fully saturated rings. The van der Waals surface area contributed by atoms with E-state index in [0.717, 1.165) is 27.5 Å². The van der Waals surface area contributed by atoms with E-state index >= 15 is 0 Å². The number of benzene rings is 1. The van der Waals surface area contributed by atoms with Crippen LogP contribution in [0.1, 0.15) is 16.8 Å². The molecule has 1 N–H and O–H groups in total. The maximum atomic E-state index is 6.21. The molecule has 1 aromatic carbocycles. The lowest BCUT2D eigenvalue weighted by molar-refractivity contribution is 0.506. The molecule has 8 heteroatoms. The molecule has 26 heavy (non-hydrogen) atoms. The van der Waals surface area contributed by atoms with Crippen molar-refractivity contribution >= 4 is 34.6 Å². The molecule has 0 unspecified atom stereocenters. The van der Waals surface area contributed by atoms with Crippen molar-refractivity contribution in [3.05, 3.63) is 64.7 Å². The first-order valence-electron chi connectivity index (χ1n) is 8.19. The third kappa shape index (κ3) is 4.23. The zero-order chi connectivity index (χ0) is 18.7. The Labute approximate surface area is 163 Å². The van der Waals surface area contributed by atoms with Crippen molar-refractivity contribution in [2.45, 2.75) is 20.0 Å². The van der Waals surface area contributed by atoms with Crippen LogP contribution in [-0.2, 0) is 20.1 Å². The van der Waals surface area contributed by atoms with E-state index in [4.69, 9.17) is 23.8 Å². The second-order valence-corrected chi connectivity index (χ2v) is 6.98. The highest BCUT2D eigenvalue weighted by Crippen LogP contribution is 2.17. The van der Waals surface area contributed by atoms with E-state index in [1.165, 1.54) is 0 Å². The number of halogens is 1. The van der Waals surface area contributed by atoms with E-state index in [0.29, 0.717) is 18.2 Å². The van der Waals surface area contributed by atoms with Gasteiger partial charge in [-0.2, -0.15) is 10.2 Å². The quantitative estimate of drug-likeness (QED) is 0.678. The fourth-order valence-corrected chi connectivity index (χ4v) is 2.94. The summed E-state index contributed by atoms with van der Waals surface area (Å²) in [5.74, 6) is 0. The molecule has 3 aromatic rings. The van der Waals surface area contributed by atoms with Crippen LogP contribution in [0.15, 0.2) is 42.9 Å². The Kier molecular flexibility index (Phi) is 5.58. The maximum absolute atomic E-state index is 6.21. The summed E-state index contributed by atoms with van der Waals surface area (Å²) < 4.78 is 3.69. The number of aryl methyl sites for hydroxylation is 1. The molecule has 0 bridgehead atoms. The summed E-state index contributed by atoms with van der Waals surface area (Å²) >= 11 is 11.7. The van der Waals surface area contributed by atoms with E-state index < -0.39 is 0 Å². The van der Waals surface area contributed by atoms with Gasteiger partial charge in [0.1, 0.15) is 0 Å². The van der Waals surface area contributed by atoms with Crippen LogP contribution >= 0.6 is 23.8 Å². The Morgan fingerprint density at radius 1 is 1.23 bits per heavy atom. The Hall–Kier alpha value is -2.38. The van der Waals surface area contributed by atoms with E-state index in [-0.39, 0.29) is 0 Å². The summed E-state index contributed by atoms with van der Waals surface area (Å²) in [5, 5.41) is 13.2. The van der Waals surface area contributed by atoms with Gasteiger partial charge in [0.25, 0.3) is 0 Å². The summed E-state index contributed by atoms with van der Waals surface area (Å²) in [4.78, 5) is 1.98. The van der Waals surface area contributed by atoms with Gasteiger partial charge in [0, 0.05) is 43.1 Å². The average molecular weight is 389 g/mol. The molecular formula is C18H21ClN6S. The molecule has 2 heterocycles. The van der Waals surface area contributed by atoms with Crippen molar-refractivity contribution < 1.29 is 0 Å². The molecule has 0 radical (unpaired) electrons. The minimum atomic E-state index is 0.610. The molecule has 0 aliphatic rings. The van der Waals surface area contributed by atoms with Gasteiger partial charge in [-0.05, 0) is 30.8 Å². The lowest BCUT2D eigenvalue weighted by Crippen LogP contribution is -2.30. The van der Waals surface area contributed by atoms with Gasteiger partial charge in [0.15, 0.2) is 5.11 Å². The first-order chi connectivity index (χ1) is 12.4. The van der Waals surface area contributed by atoms with Gasteiger partial charge < -0.3 is 10.2 Å². The highest BCUT2D eigenvalue weighted by atomic mass is 35.5. The number of rotatable bonds is 5. The number of anilines is 1. The summed E-state index contributed by atoms with van der Waals surface area (Å²) in [6.07, 6.45) is 5.54. The molecule has 2 aromatic heterocycles. The zero-order valence-corrected chi connectivity index (χ0v) is 16.6. The Bertz CT molecular complexity index is 916. The van der Waals surface area contributed by atoms with Gasteiger partial charge in [-0.1, -0.05) is 29.8 Å². The van der Waals surface area contributed by atoms with Crippen LogP contribution in [0.3, 0.4) is 0 Å². The highest BCUT2D eigenvalue weighted by Gasteiger charge is 2.11. The number of aromatic nitrogens is 4.